The Bertz CT molecular complexity index is 1090. The molecule has 4 atom stereocenters. The van der Waals surface area contributed by atoms with Crippen LogP contribution in [-0.2, 0) is 32.0 Å². The zero-order valence-corrected chi connectivity index (χ0v) is 23.2. The average Bonchev–Trinajstić information content (AvgIpc) is 2.94. The lowest BCUT2D eigenvalue weighted by Crippen LogP contribution is -2.44. The summed E-state index contributed by atoms with van der Waals surface area (Å²) in [6, 6.07) is 14.6. The van der Waals surface area contributed by atoms with Gasteiger partial charge in [0.05, 0.1) is 30.5 Å². The molecule has 0 aliphatic carbocycles. The lowest BCUT2D eigenvalue weighted by atomic mass is 9.95. The van der Waals surface area contributed by atoms with E-state index in [0.717, 1.165) is 11.1 Å². The molecule has 0 heterocycles. The van der Waals surface area contributed by atoms with Crippen LogP contribution in [0.1, 0.15) is 43.7 Å². The molecule has 0 radical (unpaired) electrons. The molecule has 0 aliphatic rings. The number of benzene rings is 2. The van der Waals surface area contributed by atoms with E-state index in [2.05, 4.69) is 23.8 Å². The van der Waals surface area contributed by atoms with Gasteiger partial charge in [-0.05, 0) is 62.3 Å². The van der Waals surface area contributed by atoms with Crippen LogP contribution in [0.5, 0.6) is 0 Å². The minimum absolute atomic E-state index is 0.0325. The van der Waals surface area contributed by atoms with E-state index in [9.17, 15) is 23.9 Å². The molecule has 3 N–H and O–H groups in total. The van der Waals surface area contributed by atoms with Crippen molar-refractivity contribution in [2.45, 2.75) is 57.5 Å². The van der Waals surface area contributed by atoms with Gasteiger partial charge in [0.25, 0.3) is 0 Å². The Labute approximate surface area is 236 Å². The molecule has 2 rings (SSSR count). The Hall–Kier alpha value is -3.78. The van der Waals surface area contributed by atoms with Crippen LogP contribution in [0, 0.1) is 17.7 Å². The van der Waals surface area contributed by atoms with Crippen LogP contribution >= 0.6 is 0 Å². The molecule has 2 amide bonds. The van der Waals surface area contributed by atoms with Gasteiger partial charge in [-0.25, -0.2) is 4.39 Å². The zero-order valence-electron chi connectivity index (χ0n) is 23.2. The highest BCUT2D eigenvalue weighted by atomic mass is 19.1. The van der Waals surface area contributed by atoms with Gasteiger partial charge in [0, 0.05) is 6.42 Å². The molecule has 2 aromatic carbocycles. The van der Waals surface area contributed by atoms with Crippen molar-refractivity contribution in [3.05, 3.63) is 96.9 Å². The van der Waals surface area contributed by atoms with Crippen LogP contribution in [0.3, 0.4) is 0 Å². The van der Waals surface area contributed by atoms with Crippen molar-refractivity contribution in [3.63, 3.8) is 0 Å². The van der Waals surface area contributed by atoms with Crippen LogP contribution in [0.25, 0.3) is 0 Å². The van der Waals surface area contributed by atoms with Crippen molar-refractivity contribution in [1.82, 2.24) is 10.6 Å². The van der Waals surface area contributed by atoms with Crippen LogP contribution in [0.4, 0.5) is 4.39 Å². The second kappa shape index (κ2) is 17.7. The Balaban J connectivity index is 1.88. The third-order valence-corrected chi connectivity index (χ3v) is 6.48. The van der Waals surface area contributed by atoms with Crippen molar-refractivity contribution in [2.24, 2.45) is 11.8 Å². The van der Waals surface area contributed by atoms with Crippen molar-refractivity contribution in [2.75, 3.05) is 13.2 Å². The molecule has 40 heavy (non-hydrogen) atoms. The van der Waals surface area contributed by atoms with Gasteiger partial charge in [0.15, 0.2) is 0 Å². The van der Waals surface area contributed by atoms with Gasteiger partial charge in [-0.1, -0.05) is 54.6 Å². The Kier molecular flexibility index (Phi) is 14.4. The summed E-state index contributed by atoms with van der Waals surface area (Å²) in [5.74, 6) is -2.53. The summed E-state index contributed by atoms with van der Waals surface area (Å²) in [5, 5.41) is 15.3. The van der Waals surface area contributed by atoms with Gasteiger partial charge >= 0.3 is 5.97 Å². The monoisotopic (exact) mass is 552 g/mol. The van der Waals surface area contributed by atoms with Gasteiger partial charge in [0.2, 0.25) is 11.8 Å². The minimum Gasteiger partial charge on any atom is -0.463 e. The second-order valence-electron chi connectivity index (χ2n) is 10.00. The van der Waals surface area contributed by atoms with E-state index in [0.29, 0.717) is 25.7 Å². The molecular formula is C32H41FN2O5. The summed E-state index contributed by atoms with van der Waals surface area (Å²) in [5.41, 5.74) is 1.81. The number of carbonyl (C=O) groups excluding carboxylic acids is 3. The molecule has 0 bridgehead atoms. The molecule has 0 fully saturated rings. The average molecular weight is 553 g/mol. The lowest BCUT2D eigenvalue weighted by molar-refractivity contribution is -0.150. The van der Waals surface area contributed by atoms with Crippen molar-refractivity contribution < 1.29 is 28.6 Å². The topological polar surface area (TPSA) is 105 Å². The first-order valence-electron chi connectivity index (χ1n) is 13.6. The predicted molar refractivity (Wildman–Crippen MR) is 154 cm³/mol. The maximum Gasteiger partial charge on any atom is 0.309 e. The molecule has 7 nitrogen and oxygen atoms in total. The number of ether oxygens (including phenoxy) is 1. The molecule has 0 unspecified atom stereocenters. The highest BCUT2D eigenvalue weighted by Gasteiger charge is 2.25. The molecule has 0 saturated carbocycles. The number of nitrogens with one attached hydrogen (secondary N) is 2. The van der Waals surface area contributed by atoms with Crippen LogP contribution in [-0.4, -0.2) is 48.2 Å². The first-order valence-corrected chi connectivity index (χ1v) is 13.6. The fourth-order valence-corrected chi connectivity index (χ4v) is 4.31. The van der Waals surface area contributed by atoms with Gasteiger partial charge in [0.1, 0.15) is 12.4 Å². The number of aliphatic hydroxyl groups is 1. The number of hydrogen-bond donors (Lipinski definition) is 3. The highest BCUT2D eigenvalue weighted by molar-refractivity contribution is 5.86. The normalized spacial score (nSPS) is 13.8. The van der Waals surface area contributed by atoms with E-state index >= 15 is 0 Å². The van der Waals surface area contributed by atoms with Crippen LogP contribution in [0.15, 0.2) is 79.9 Å². The summed E-state index contributed by atoms with van der Waals surface area (Å²) in [4.78, 5) is 38.5. The third kappa shape index (κ3) is 11.9. The smallest absolute Gasteiger partial charge is 0.309 e. The number of esters is 1. The van der Waals surface area contributed by atoms with Crippen molar-refractivity contribution in [3.8, 4) is 0 Å². The van der Waals surface area contributed by atoms with E-state index in [1.165, 1.54) is 12.1 Å². The van der Waals surface area contributed by atoms with E-state index < -0.39 is 29.9 Å². The number of carbonyl (C=O) groups is 3. The summed E-state index contributed by atoms with van der Waals surface area (Å²) in [7, 11) is 0. The number of aliphatic hydroxyl groups excluding tert-OH is 1. The number of amides is 2. The Morgan fingerprint density at radius 3 is 2.25 bits per heavy atom. The molecule has 2 aromatic rings. The molecule has 216 valence electrons. The lowest BCUT2D eigenvalue weighted by Gasteiger charge is -2.22. The third-order valence-electron chi connectivity index (χ3n) is 6.48. The Morgan fingerprint density at radius 2 is 1.62 bits per heavy atom. The van der Waals surface area contributed by atoms with Gasteiger partial charge in [-0.15, -0.1) is 13.2 Å². The molecule has 0 saturated heterocycles. The Morgan fingerprint density at radius 1 is 0.950 bits per heavy atom. The fraction of sp³-hybridized carbons (Fsp3) is 0.406. The number of rotatable bonds is 18. The molecular weight excluding hydrogens is 511 g/mol. The molecule has 0 aliphatic heterocycles. The fourth-order valence-electron chi connectivity index (χ4n) is 4.31. The van der Waals surface area contributed by atoms with Crippen molar-refractivity contribution >= 4 is 17.8 Å². The van der Waals surface area contributed by atoms with E-state index in [4.69, 9.17) is 4.74 Å². The first-order chi connectivity index (χ1) is 19.2. The number of hydrogen-bond acceptors (Lipinski definition) is 5. The highest BCUT2D eigenvalue weighted by Crippen LogP contribution is 2.18. The van der Waals surface area contributed by atoms with Gasteiger partial charge in [-0.2, -0.15) is 0 Å². The van der Waals surface area contributed by atoms with E-state index in [1.807, 2.05) is 30.3 Å². The predicted octanol–water partition coefficient (Wildman–Crippen LogP) is 4.30. The minimum atomic E-state index is -0.662. The summed E-state index contributed by atoms with van der Waals surface area (Å²) >= 11 is 0. The summed E-state index contributed by atoms with van der Waals surface area (Å²) < 4.78 is 18.8. The van der Waals surface area contributed by atoms with Crippen LogP contribution < -0.4 is 10.6 Å². The molecule has 0 spiro atoms. The SMILES string of the molecule is C=CCC[C@@H](Cc1ccc(F)cc1)C(=O)OC[C@@H](C)NC(=O)[C@@H](CC=C)CC(=O)N[C@H](CO)Cc1ccccc1. The van der Waals surface area contributed by atoms with E-state index in [-0.39, 0.29) is 43.7 Å². The van der Waals surface area contributed by atoms with Crippen molar-refractivity contribution in [1.29, 1.82) is 0 Å². The number of halogens is 1. The van der Waals surface area contributed by atoms with Crippen LogP contribution in [0.2, 0.25) is 0 Å². The number of allylic oxidation sites excluding steroid dienone is 2. The van der Waals surface area contributed by atoms with Gasteiger partial charge in [-0.3, -0.25) is 14.4 Å². The molecule has 8 heteroatoms. The summed E-state index contributed by atoms with van der Waals surface area (Å²) in [6.45, 7) is 8.87. The second-order valence-corrected chi connectivity index (χ2v) is 10.00. The van der Waals surface area contributed by atoms with E-state index in [1.54, 1.807) is 31.2 Å². The summed E-state index contributed by atoms with van der Waals surface area (Å²) in [6.07, 6.45) is 5.56. The largest absolute Gasteiger partial charge is 0.463 e. The van der Waals surface area contributed by atoms with Gasteiger partial charge < -0.3 is 20.5 Å². The zero-order chi connectivity index (χ0) is 29.3. The molecule has 0 aromatic heterocycles. The standard InChI is InChI=1S/C32H41FN2O5/c1-4-6-13-27(18-25-14-16-28(33)17-15-25)32(39)40-22-23(3)34-31(38)26(10-5-2)20-30(37)35-29(21-36)19-24-11-8-7-9-12-24/h4-5,7-9,11-12,14-17,23,26-27,29,36H,1-2,6,10,13,18-22H2,3H3,(H,34,38)(H,35,37)/t23-,26+,27+,29+/m1/s1. The maximum absolute atomic E-state index is 13.2. The first kappa shape index (κ1) is 32.4. The maximum atomic E-state index is 13.2. The quantitative estimate of drug-likeness (QED) is 0.189.